The van der Waals surface area contributed by atoms with Crippen LogP contribution in [0.3, 0.4) is 0 Å². The van der Waals surface area contributed by atoms with Gasteiger partial charge in [0.2, 0.25) is 5.91 Å². The van der Waals surface area contributed by atoms with E-state index in [1.807, 2.05) is 21.1 Å². The Kier molecular flexibility index (Phi) is 36.7. The Bertz CT molecular complexity index is 839. The summed E-state index contributed by atoms with van der Waals surface area (Å²) in [6, 6.07) is -0.750. The molecule has 0 aromatic heterocycles. The molecule has 3 atom stereocenters. The van der Waals surface area contributed by atoms with Crippen molar-refractivity contribution in [1.82, 2.24) is 5.32 Å². The summed E-state index contributed by atoms with van der Waals surface area (Å²) in [6.07, 6.45) is 40.9. The lowest BCUT2D eigenvalue weighted by atomic mass is 10.0. The van der Waals surface area contributed by atoms with Gasteiger partial charge in [0.25, 0.3) is 0 Å². The lowest BCUT2D eigenvalue weighted by molar-refractivity contribution is -0.870. The first kappa shape index (κ1) is 52.5. The summed E-state index contributed by atoms with van der Waals surface area (Å²) in [5, 5.41) is 13.7. The van der Waals surface area contributed by atoms with E-state index in [2.05, 4.69) is 19.2 Å². The fourth-order valence-corrected chi connectivity index (χ4v) is 7.67. The molecule has 0 fully saturated rings. The van der Waals surface area contributed by atoms with Crippen molar-refractivity contribution in [2.75, 3.05) is 40.9 Å². The Morgan fingerprint density at radius 1 is 0.566 bits per heavy atom. The fraction of sp³-hybridized carbons (Fsp3) is 0.977. The first-order chi connectivity index (χ1) is 25.5. The molecule has 3 N–H and O–H groups in total. The summed E-state index contributed by atoms with van der Waals surface area (Å²) in [6.45, 7) is 4.74. The molecule has 0 saturated heterocycles. The summed E-state index contributed by atoms with van der Waals surface area (Å²) < 4.78 is 23.4. The molecule has 0 rings (SSSR count). The van der Waals surface area contributed by atoms with Gasteiger partial charge in [-0.2, -0.15) is 0 Å². The molecule has 0 aromatic rings. The van der Waals surface area contributed by atoms with Crippen LogP contribution >= 0.6 is 7.82 Å². The molecular weight excluding hydrogens is 683 g/mol. The number of unbranched alkanes of at least 4 members (excludes halogenated alkanes) is 29. The molecule has 3 unspecified atom stereocenters. The van der Waals surface area contributed by atoms with Gasteiger partial charge in [0, 0.05) is 6.42 Å². The normalized spacial score (nSPS) is 14.3. The number of quaternary nitrogens is 1. The molecule has 0 bridgehead atoms. The maximum Gasteiger partial charge on any atom is 0.472 e. The van der Waals surface area contributed by atoms with Gasteiger partial charge in [-0.1, -0.05) is 206 Å². The third-order valence-corrected chi connectivity index (χ3v) is 11.6. The van der Waals surface area contributed by atoms with E-state index >= 15 is 0 Å². The molecule has 0 heterocycles. The van der Waals surface area contributed by atoms with Crippen LogP contribution in [-0.2, 0) is 18.4 Å². The third kappa shape index (κ3) is 39.5. The van der Waals surface area contributed by atoms with E-state index in [-0.39, 0.29) is 19.1 Å². The summed E-state index contributed by atoms with van der Waals surface area (Å²) in [7, 11) is 1.62. The van der Waals surface area contributed by atoms with Crippen molar-refractivity contribution < 1.29 is 32.9 Å². The van der Waals surface area contributed by atoms with Gasteiger partial charge in [0.15, 0.2) is 0 Å². The van der Waals surface area contributed by atoms with Gasteiger partial charge in [-0.05, 0) is 12.8 Å². The van der Waals surface area contributed by atoms with E-state index in [4.69, 9.17) is 9.05 Å². The van der Waals surface area contributed by atoms with Gasteiger partial charge in [-0.25, -0.2) is 4.57 Å². The molecule has 9 heteroatoms. The van der Waals surface area contributed by atoms with E-state index in [9.17, 15) is 19.4 Å². The number of aliphatic hydroxyl groups is 1. The van der Waals surface area contributed by atoms with E-state index in [1.54, 1.807) is 0 Å². The Balaban J connectivity index is 3.80. The van der Waals surface area contributed by atoms with Crippen LogP contribution in [-0.4, -0.2) is 73.4 Å². The number of aliphatic hydroxyl groups excluding tert-OH is 1. The smallest absolute Gasteiger partial charge is 0.391 e. The van der Waals surface area contributed by atoms with Crippen LogP contribution in [0.2, 0.25) is 0 Å². The fourth-order valence-electron chi connectivity index (χ4n) is 6.93. The minimum atomic E-state index is -4.29. The molecule has 1 amide bonds. The second kappa shape index (κ2) is 37.1. The highest BCUT2D eigenvalue weighted by Gasteiger charge is 2.28. The number of carbonyl (C=O) groups is 1. The number of carbonyl (C=O) groups excluding carboxylic acids is 1. The van der Waals surface area contributed by atoms with Crippen LogP contribution < -0.4 is 5.32 Å². The van der Waals surface area contributed by atoms with Crippen molar-refractivity contribution in [1.29, 1.82) is 0 Å². The highest BCUT2D eigenvalue weighted by molar-refractivity contribution is 7.47. The second-order valence-corrected chi connectivity index (χ2v) is 18.6. The number of hydrogen-bond donors (Lipinski definition) is 3. The minimum absolute atomic E-state index is 0.0769. The SMILES string of the molecule is CCCCCCCCCCCCCCCCCCCCCCCCCCCCCCC(O)C(COP(=O)(O)OCC[N+](C)(C)C)NC(=O)CCCCC. The van der Waals surface area contributed by atoms with Crippen molar-refractivity contribution >= 4 is 13.7 Å². The van der Waals surface area contributed by atoms with Crippen molar-refractivity contribution in [3.05, 3.63) is 0 Å². The number of nitrogens with one attached hydrogen (secondary N) is 1. The zero-order valence-electron chi connectivity index (χ0n) is 36.0. The molecule has 0 radical (unpaired) electrons. The van der Waals surface area contributed by atoms with Gasteiger partial charge in [0.1, 0.15) is 13.2 Å². The minimum Gasteiger partial charge on any atom is -0.391 e. The first-order valence-electron chi connectivity index (χ1n) is 22.9. The Labute approximate surface area is 329 Å². The number of phosphoric acid groups is 1. The van der Waals surface area contributed by atoms with Crippen LogP contribution in [0.15, 0.2) is 0 Å². The Morgan fingerprint density at radius 2 is 0.906 bits per heavy atom. The topological polar surface area (TPSA) is 105 Å². The molecule has 0 spiro atoms. The molecule has 0 aromatic carbocycles. The summed E-state index contributed by atoms with van der Waals surface area (Å²) in [5.74, 6) is -0.166. The maximum atomic E-state index is 12.5. The lowest BCUT2D eigenvalue weighted by Crippen LogP contribution is -2.46. The van der Waals surface area contributed by atoms with Crippen LogP contribution in [0, 0.1) is 0 Å². The summed E-state index contributed by atoms with van der Waals surface area (Å²) >= 11 is 0. The van der Waals surface area contributed by atoms with E-state index in [0.717, 1.165) is 38.5 Å². The number of rotatable bonds is 42. The highest BCUT2D eigenvalue weighted by atomic mass is 31.2. The monoisotopic (exact) mass is 776 g/mol. The standard InChI is InChI=1S/C44H91N2O6P/c1-6-8-10-11-12-13-14-15-16-17-18-19-20-21-22-23-24-25-26-27-28-29-30-31-32-33-34-36-37-43(47)42(45-44(48)38-35-9-7-2)41-52-53(49,50)51-40-39-46(3,4)5/h42-43,47H,6-41H2,1-5H3,(H-,45,48,49,50)/p+1. The average molecular weight is 776 g/mol. The number of hydrogen-bond acceptors (Lipinski definition) is 5. The van der Waals surface area contributed by atoms with Crippen molar-refractivity contribution in [2.24, 2.45) is 0 Å². The molecule has 0 aliphatic heterocycles. The van der Waals surface area contributed by atoms with Gasteiger partial charge >= 0.3 is 7.82 Å². The predicted octanol–water partition coefficient (Wildman–Crippen LogP) is 12.6. The molecule has 53 heavy (non-hydrogen) atoms. The van der Waals surface area contributed by atoms with Gasteiger partial charge < -0.3 is 19.8 Å². The van der Waals surface area contributed by atoms with Gasteiger partial charge in [-0.3, -0.25) is 13.8 Å². The zero-order valence-corrected chi connectivity index (χ0v) is 36.9. The number of amides is 1. The van der Waals surface area contributed by atoms with Crippen LogP contribution in [0.5, 0.6) is 0 Å². The van der Waals surface area contributed by atoms with Gasteiger partial charge in [0.05, 0.1) is 39.9 Å². The van der Waals surface area contributed by atoms with Crippen molar-refractivity contribution in [2.45, 2.75) is 238 Å². The molecule has 0 saturated carbocycles. The van der Waals surface area contributed by atoms with Crippen LogP contribution in [0.1, 0.15) is 226 Å². The highest BCUT2D eigenvalue weighted by Crippen LogP contribution is 2.43. The number of phosphoric ester groups is 1. The molecular formula is C44H92N2O6P+. The Morgan fingerprint density at radius 3 is 1.26 bits per heavy atom. The molecule has 318 valence electrons. The molecule has 8 nitrogen and oxygen atoms in total. The largest absolute Gasteiger partial charge is 0.472 e. The second-order valence-electron chi connectivity index (χ2n) is 17.1. The number of nitrogens with zero attached hydrogens (tertiary/aromatic N) is 1. The predicted molar refractivity (Wildman–Crippen MR) is 226 cm³/mol. The average Bonchev–Trinajstić information content (AvgIpc) is 3.10. The van der Waals surface area contributed by atoms with E-state index in [0.29, 0.717) is 23.9 Å². The van der Waals surface area contributed by atoms with Crippen LogP contribution in [0.25, 0.3) is 0 Å². The summed E-state index contributed by atoms with van der Waals surface area (Å²) in [4.78, 5) is 22.6. The molecule has 0 aliphatic carbocycles. The van der Waals surface area contributed by atoms with Crippen molar-refractivity contribution in [3.63, 3.8) is 0 Å². The van der Waals surface area contributed by atoms with Gasteiger partial charge in [-0.15, -0.1) is 0 Å². The number of likely N-dealkylation sites (N-methyl/N-ethyl adjacent to an activating group) is 1. The quantitative estimate of drug-likeness (QED) is 0.0324. The first-order valence-corrected chi connectivity index (χ1v) is 24.4. The zero-order chi connectivity index (χ0) is 39.3. The Hall–Kier alpha value is -0.500. The third-order valence-electron chi connectivity index (χ3n) is 10.6. The van der Waals surface area contributed by atoms with Crippen LogP contribution in [0.4, 0.5) is 0 Å². The summed E-state index contributed by atoms with van der Waals surface area (Å²) in [5.41, 5.74) is 0. The lowest BCUT2D eigenvalue weighted by Gasteiger charge is -2.26. The molecule has 0 aliphatic rings. The van der Waals surface area contributed by atoms with E-state index < -0.39 is 20.0 Å². The maximum absolute atomic E-state index is 12.5. The van der Waals surface area contributed by atoms with E-state index in [1.165, 1.54) is 161 Å². The van der Waals surface area contributed by atoms with Crippen molar-refractivity contribution in [3.8, 4) is 0 Å².